The van der Waals surface area contributed by atoms with Crippen LogP contribution in [-0.2, 0) is 14.3 Å². The number of hydrogen-bond acceptors (Lipinski definition) is 9. The highest BCUT2D eigenvalue weighted by molar-refractivity contribution is 8.76. The van der Waals surface area contributed by atoms with E-state index in [9.17, 15) is 9.59 Å². The van der Waals surface area contributed by atoms with Gasteiger partial charge in [-0.25, -0.2) is 0 Å². The molecular formula is C21H46N6O3S2. The zero-order valence-electron chi connectivity index (χ0n) is 19.8. The summed E-state index contributed by atoms with van der Waals surface area (Å²) in [5.41, 5.74) is 11.0. The van der Waals surface area contributed by atoms with E-state index in [4.69, 9.17) is 16.2 Å². The van der Waals surface area contributed by atoms with E-state index in [0.717, 1.165) is 63.2 Å². The van der Waals surface area contributed by atoms with Crippen LogP contribution in [0.2, 0.25) is 0 Å². The SMILES string of the molecule is CCCCC(=O)NCCSSCCNC(=O)COC(CCNCCCN)CNCCCN. The van der Waals surface area contributed by atoms with Gasteiger partial charge in [0.05, 0.1) is 6.10 Å². The molecule has 0 aliphatic heterocycles. The van der Waals surface area contributed by atoms with Crippen molar-refractivity contribution in [2.75, 3.05) is 70.5 Å². The van der Waals surface area contributed by atoms with E-state index < -0.39 is 0 Å². The Balaban J connectivity index is 3.80. The van der Waals surface area contributed by atoms with Gasteiger partial charge in [0.2, 0.25) is 11.8 Å². The highest BCUT2D eigenvalue weighted by atomic mass is 33.1. The maximum atomic E-state index is 12.1. The van der Waals surface area contributed by atoms with Crippen molar-refractivity contribution in [1.29, 1.82) is 0 Å². The van der Waals surface area contributed by atoms with Crippen LogP contribution in [0.1, 0.15) is 45.4 Å². The van der Waals surface area contributed by atoms with Gasteiger partial charge in [-0.3, -0.25) is 9.59 Å². The summed E-state index contributed by atoms with van der Waals surface area (Å²) in [6.45, 7) is 8.04. The molecule has 0 aliphatic rings. The summed E-state index contributed by atoms with van der Waals surface area (Å²) in [4.78, 5) is 23.6. The van der Waals surface area contributed by atoms with Crippen LogP contribution in [-0.4, -0.2) is 88.4 Å². The van der Waals surface area contributed by atoms with Crippen LogP contribution < -0.4 is 32.7 Å². The lowest BCUT2D eigenvalue weighted by atomic mass is 10.2. The molecule has 0 aromatic heterocycles. The van der Waals surface area contributed by atoms with Crippen molar-refractivity contribution in [3.63, 3.8) is 0 Å². The molecule has 0 saturated carbocycles. The Morgan fingerprint density at radius 3 is 2.09 bits per heavy atom. The number of carbonyl (C=O) groups is 2. The van der Waals surface area contributed by atoms with Crippen molar-refractivity contribution in [2.24, 2.45) is 11.5 Å². The molecular weight excluding hydrogens is 448 g/mol. The Bertz CT molecular complexity index is 450. The van der Waals surface area contributed by atoms with E-state index in [1.165, 1.54) is 0 Å². The summed E-state index contributed by atoms with van der Waals surface area (Å²) in [6, 6.07) is 0. The molecule has 0 saturated heterocycles. The fraction of sp³-hybridized carbons (Fsp3) is 0.905. The molecule has 0 rings (SSSR count). The average molecular weight is 495 g/mol. The van der Waals surface area contributed by atoms with Gasteiger partial charge in [0.1, 0.15) is 6.61 Å². The minimum Gasteiger partial charge on any atom is -0.367 e. The van der Waals surface area contributed by atoms with Crippen molar-refractivity contribution in [3.8, 4) is 0 Å². The highest BCUT2D eigenvalue weighted by Crippen LogP contribution is 2.19. The molecule has 0 aromatic rings. The third-order valence-electron chi connectivity index (χ3n) is 4.44. The number of carbonyl (C=O) groups excluding carboxylic acids is 2. The predicted molar refractivity (Wildman–Crippen MR) is 138 cm³/mol. The zero-order chi connectivity index (χ0) is 23.7. The first-order chi connectivity index (χ1) is 15.6. The topological polar surface area (TPSA) is 144 Å². The molecule has 8 N–H and O–H groups in total. The number of ether oxygens (including phenoxy) is 1. The van der Waals surface area contributed by atoms with Gasteiger partial charge >= 0.3 is 0 Å². The van der Waals surface area contributed by atoms with Crippen LogP contribution in [0.25, 0.3) is 0 Å². The van der Waals surface area contributed by atoms with Crippen molar-refractivity contribution in [1.82, 2.24) is 21.3 Å². The molecule has 0 heterocycles. The van der Waals surface area contributed by atoms with Gasteiger partial charge in [0.25, 0.3) is 0 Å². The van der Waals surface area contributed by atoms with E-state index in [1.54, 1.807) is 21.6 Å². The van der Waals surface area contributed by atoms with Crippen LogP contribution in [0.5, 0.6) is 0 Å². The van der Waals surface area contributed by atoms with Gasteiger partial charge < -0.3 is 37.5 Å². The number of amides is 2. The monoisotopic (exact) mass is 494 g/mol. The quantitative estimate of drug-likeness (QED) is 0.0832. The average Bonchev–Trinajstić information content (AvgIpc) is 2.79. The third-order valence-corrected chi connectivity index (χ3v) is 6.84. The smallest absolute Gasteiger partial charge is 0.246 e. The second kappa shape index (κ2) is 25.1. The number of unbranched alkanes of at least 4 members (excludes halogenated alkanes) is 1. The number of nitrogens with two attached hydrogens (primary N) is 2. The molecule has 2 amide bonds. The molecule has 0 fully saturated rings. The van der Waals surface area contributed by atoms with E-state index in [-0.39, 0.29) is 24.5 Å². The molecule has 1 atom stereocenters. The minimum atomic E-state index is -0.0955. The summed E-state index contributed by atoms with van der Waals surface area (Å²) in [7, 11) is 3.40. The van der Waals surface area contributed by atoms with Gasteiger partial charge in [-0.05, 0) is 58.4 Å². The van der Waals surface area contributed by atoms with Crippen molar-refractivity contribution in [3.05, 3.63) is 0 Å². The second-order valence-corrected chi connectivity index (χ2v) is 10.1. The predicted octanol–water partition coefficient (Wildman–Crippen LogP) is 0.443. The lowest BCUT2D eigenvalue weighted by Crippen LogP contribution is -2.37. The van der Waals surface area contributed by atoms with E-state index in [0.29, 0.717) is 39.1 Å². The van der Waals surface area contributed by atoms with Gasteiger partial charge in [0.15, 0.2) is 0 Å². The van der Waals surface area contributed by atoms with Gasteiger partial charge in [-0.2, -0.15) is 0 Å². The van der Waals surface area contributed by atoms with Crippen molar-refractivity contribution in [2.45, 2.75) is 51.6 Å². The number of rotatable bonds is 24. The molecule has 0 radical (unpaired) electrons. The lowest BCUT2D eigenvalue weighted by molar-refractivity contribution is -0.127. The fourth-order valence-electron chi connectivity index (χ4n) is 2.60. The van der Waals surface area contributed by atoms with Crippen LogP contribution in [0, 0.1) is 0 Å². The number of hydrogen-bond donors (Lipinski definition) is 6. The Morgan fingerprint density at radius 2 is 1.47 bits per heavy atom. The molecule has 190 valence electrons. The van der Waals surface area contributed by atoms with Crippen LogP contribution in [0.15, 0.2) is 0 Å². The first-order valence-electron chi connectivity index (χ1n) is 11.8. The Kier molecular flexibility index (Phi) is 24.6. The van der Waals surface area contributed by atoms with Crippen molar-refractivity contribution < 1.29 is 14.3 Å². The summed E-state index contributed by atoms with van der Waals surface area (Å²) < 4.78 is 5.83. The highest BCUT2D eigenvalue weighted by Gasteiger charge is 2.11. The van der Waals surface area contributed by atoms with E-state index >= 15 is 0 Å². The molecule has 0 aromatic carbocycles. The molecule has 1 unspecified atom stereocenters. The maximum absolute atomic E-state index is 12.1. The Morgan fingerprint density at radius 1 is 0.844 bits per heavy atom. The van der Waals surface area contributed by atoms with Crippen LogP contribution in [0.4, 0.5) is 0 Å². The van der Waals surface area contributed by atoms with Gasteiger partial charge in [0, 0.05) is 37.6 Å². The first kappa shape index (κ1) is 31.4. The third kappa shape index (κ3) is 22.6. The van der Waals surface area contributed by atoms with Gasteiger partial charge in [-0.1, -0.05) is 34.9 Å². The minimum absolute atomic E-state index is 0.0265. The van der Waals surface area contributed by atoms with E-state index in [1.807, 2.05) is 0 Å². The Hall–Kier alpha value is -0.560. The lowest BCUT2D eigenvalue weighted by Gasteiger charge is -2.19. The van der Waals surface area contributed by atoms with Crippen LogP contribution in [0.3, 0.4) is 0 Å². The summed E-state index contributed by atoms with van der Waals surface area (Å²) in [5, 5.41) is 12.5. The standard InChI is InChI=1S/C21H46N6O3S2/c1-2-3-6-20(28)26-13-15-31-32-16-14-27-21(29)18-30-19(17-25-11-5-9-23)7-12-24-10-4-8-22/h19,24-25H,2-18,22-23H2,1H3,(H,26,28)(H,27,29). The molecule has 0 aliphatic carbocycles. The molecule has 0 bridgehead atoms. The maximum Gasteiger partial charge on any atom is 0.246 e. The number of nitrogens with one attached hydrogen (secondary N) is 4. The molecule has 32 heavy (non-hydrogen) atoms. The molecule has 11 heteroatoms. The van der Waals surface area contributed by atoms with E-state index in [2.05, 4.69) is 28.2 Å². The largest absolute Gasteiger partial charge is 0.367 e. The second-order valence-electron chi connectivity index (χ2n) is 7.41. The fourth-order valence-corrected chi connectivity index (χ4v) is 4.42. The summed E-state index contributed by atoms with van der Waals surface area (Å²) in [6.07, 6.45) is 5.26. The Labute approximate surface area is 202 Å². The van der Waals surface area contributed by atoms with Crippen molar-refractivity contribution >= 4 is 33.4 Å². The molecule has 9 nitrogen and oxygen atoms in total. The summed E-state index contributed by atoms with van der Waals surface area (Å²) in [5.74, 6) is 1.71. The zero-order valence-corrected chi connectivity index (χ0v) is 21.4. The normalized spacial score (nSPS) is 12.0. The summed E-state index contributed by atoms with van der Waals surface area (Å²) >= 11 is 0. The molecule has 0 spiro atoms. The van der Waals surface area contributed by atoms with Gasteiger partial charge in [-0.15, -0.1) is 0 Å². The first-order valence-corrected chi connectivity index (χ1v) is 14.3. The van der Waals surface area contributed by atoms with Crippen LogP contribution >= 0.6 is 21.6 Å².